The van der Waals surface area contributed by atoms with Crippen LogP contribution in [0.25, 0.3) is 0 Å². The Balaban J connectivity index is 1.32. The van der Waals surface area contributed by atoms with E-state index >= 15 is 0 Å². The van der Waals surface area contributed by atoms with Gasteiger partial charge in [-0.25, -0.2) is 0 Å². The Bertz CT molecular complexity index is 2040. The Hall–Kier alpha value is -3.29. The molecule has 0 bridgehead atoms. The zero-order chi connectivity index (χ0) is 66.8. The van der Waals surface area contributed by atoms with E-state index in [0.29, 0.717) is 12.8 Å². The third kappa shape index (κ3) is 35.1. The highest BCUT2D eigenvalue weighted by Gasteiger charge is 2.53. The van der Waals surface area contributed by atoms with Crippen LogP contribution >= 0.6 is 0 Å². The molecule has 0 aliphatic carbocycles. The van der Waals surface area contributed by atoms with Gasteiger partial charge in [-0.15, -0.1) is 0 Å². The molecule has 0 spiro atoms. The van der Waals surface area contributed by atoms with Gasteiger partial charge in [0.15, 0.2) is 18.9 Å². The highest BCUT2D eigenvalue weighted by molar-refractivity contribution is 5.76. The van der Waals surface area contributed by atoms with Crippen LogP contribution in [-0.2, 0) is 33.2 Å². The molecule has 19 nitrogen and oxygen atoms in total. The summed E-state index contributed by atoms with van der Waals surface area (Å²) in [6.07, 6.45) is 43.7. The summed E-state index contributed by atoms with van der Waals surface area (Å²) in [5.74, 6) is -0.251. The first-order chi connectivity index (χ1) is 44.8. The molecule has 3 fully saturated rings. The Morgan fingerprint density at radius 2 is 0.750 bits per heavy atom. The van der Waals surface area contributed by atoms with Crippen molar-refractivity contribution < 1.29 is 89.4 Å². The van der Waals surface area contributed by atoms with Gasteiger partial charge in [0, 0.05) is 6.42 Å². The van der Waals surface area contributed by atoms with E-state index in [9.17, 15) is 61.0 Å². The van der Waals surface area contributed by atoms with E-state index in [-0.39, 0.29) is 18.9 Å². The monoisotopic (exact) mass is 1300 g/mol. The van der Waals surface area contributed by atoms with E-state index in [0.717, 1.165) is 103 Å². The fourth-order valence-corrected chi connectivity index (χ4v) is 11.4. The van der Waals surface area contributed by atoms with E-state index in [1.54, 1.807) is 0 Å². The fourth-order valence-electron chi connectivity index (χ4n) is 11.4. The number of allylic oxidation sites excluding steroid dienone is 16. The molecule has 92 heavy (non-hydrogen) atoms. The minimum atomic E-state index is -1.97. The maximum atomic E-state index is 13.4. The Kier molecular flexibility index (Phi) is 48.5. The average molecular weight is 1300 g/mol. The van der Waals surface area contributed by atoms with Crippen molar-refractivity contribution in [2.24, 2.45) is 0 Å². The van der Waals surface area contributed by atoms with Gasteiger partial charge in [-0.3, -0.25) is 4.79 Å². The maximum absolute atomic E-state index is 13.4. The number of nitrogens with one attached hydrogen (secondary N) is 1. The van der Waals surface area contributed by atoms with Gasteiger partial charge in [-0.1, -0.05) is 239 Å². The van der Waals surface area contributed by atoms with Gasteiger partial charge in [0.25, 0.3) is 0 Å². The van der Waals surface area contributed by atoms with Gasteiger partial charge in [0.2, 0.25) is 5.91 Å². The molecule has 3 heterocycles. The van der Waals surface area contributed by atoms with Crippen LogP contribution in [0.15, 0.2) is 97.2 Å². The first kappa shape index (κ1) is 82.9. The second-order valence-electron chi connectivity index (χ2n) is 25.0. The SMILES string of the molecule is CC/C=C\C/C=C\C/C=C\C/C=C\C/C=C\C/C=C\C/C=C\C/C=C\CCCCCCCCCCCCCCC(=O)NC(COC1OC(CO)C(OC2OC(CO)C(OC3OC(CO)C(O)C(O)C3O)C(O)C2O)C(O)C1O)C(O)CCCCCCCCCCCC. The number of carbonyl (C=O) groups is 1. The molecule has 17 unspecified atom stereocenters. The lowest BCUT2D eigenvalue weighted by molar-refractivity contribution is -0.379. The van der Waals surface area contributed by atoms with Crippen LogP contribution in [0.1, 0.15) is 226 Å². The predicted octanol–water partition coefficient (Wildman–Crippen LogP) is 9.66. The molecule has 12 N–H and O–H groups in total. The number of aliphatic hydroxyl groups is 11. The maximum Gasteiger partial charge on any atom is 0.220 e. The number of unbranched alkanes of at least 4 members (excludes halogenated alkanes) is 21. The minimum absolute atomic E-state index is 0.251. The van der Waals surface area contributed by atoms with E-state index in [1.165, 1.54) is 89.9 Å². The number of hydrogen-bond acceptors (Lipinski definition) is 18. The van der Waals surface area contributed by atoms with Crippen molar-refractivity contribution >= 4 is 5.91 Å². The molecule has 0 saturated carbocycles. The summed E-state index contributed by atoms with van der Waals surface area (Å²) in [6, 6.07) is -0.892. The summed E-state index contributed by atoms with van der Waals surface area (Å²) < 4.78 is 34.3. The van der Waals surface area contributed by atoms with E-state index in [4.69, 9.17) is 28.4 Å². The molecule has 0 aromatic rings. The molecule has 0 aromatic carbocycles. The van der Waals surface area contributed by atoms with Gasteiger partial charge in [0.1, 0.15) is 73.2 Å². The standard InChI is InChI=1S/C73H125NO18/c1-3-5-7-9-11-13-15-16-17-18-19-20-21-22-23-24-25-26-27-28-29-30-31-32-33-34-35-36-37-38-39-40-41-43-45-47-49-51-61(79)74-56(57(78)50-48-46-44-42-14-12-10-8-6-4-2)55-87-71-67(85)64(82)69(59(53-76)89-71)92-73-68(86)65(83)70(60(54-77)90-73)91-72-66(84)63(81)62(80)58(52-75)88-72/h5,7,11,13,16-17,19-20,22-23,25-26,28-29,31-32,56-60,62-73,75-78,80-86H,3-4,6,8-10,12,14-15,18,21,24,27,30,33-55H2,1-2H3,(H,74,79)/b7-5-,13-11-,17-16-,20-19-,23-22-,26-25-,29-28-,32-31-. The molecule has 3 saturated heterocycles. The van der Waals surface area contributed by atoms with Crippen molar-refractivity contribution in [2.45, 2.75) is 330 Å². The lowest BCUT2D eigenvalue weighted by atomic mass is 9.96. The Labute approximate surface area is 552 Å². The molecule has 1 amide bonds. The van der Waals surface area contributed by atoms with Crippen LogP contribution in [0.4, 0.5) is 0 Å². The van der Waals surface area contributed by atoms with Gasteiger partial charge in [-0.05, 0) is 77.0 Å². The summed E-state index contributed by atoms with van der Waals surface area (Å²) in [7, 11) is 0. The fraction of sp³-hybridized carbons (Fsp3) is 0.767. The van der Waals surface area contributed by atoms with Crippen LogP contribution in [0.5, 0.6) is 0 Å². The van der Waals surface area contributed by atoms with Gasteiger partial charge in [-0.2, -0.15) is 0 Å². The van der Waals surface area contributed by atoms with Crippen LogP contribution in [0.3, 0.4) is 0 Å². The third-order valence-corrected chi connectivity index (χ3v) is 17.2. The van der Waals surface area contributed by atoms with Crippen molar-refractivity contribution in [3.8, 4) is 0 Å². The topological polar surface area (TPSA) is 307 Å². The molecular formula is C73H125NO18. The third-order valence-electron chi connectivity index (χ3n) is 17.2. The largest absolute Gasteiger partial charge is 0.394 e. The summed E-state index contributed by atoms with van der Waals surface area (Å²) in [6.45, 7) is 1.64. The number of aliphatic hydroxyl groups excluding tert-OH is 11. The van der Waals surface area contributed by atoms with Crippen molar-refractivity contribution in [2.75, 3.05) is 26.4 Å². The summed E-state index contributed by atoms with van der Waals surface area (Å²) in [5, 5.41) is 120. The molecule has 0 radical (unpaired) electrons. The lowest BCUT2D eigenvalue weighted by Crippen LogP contribution is -2.66. The molecule has 3 aliphatic rings. The highest BCUT2D eigenvalue weighted by atomic mass is 16.8. The van der Waals surface area contributed by atoms with E-state index < -0.39 is 124 Å². The lowest BCUT2D eigenvalue weighted by Gasteiger charge is -2.48. The summed E-state index contributed by atoms with van der Waals surface area (Å²) >= 11 is 0. The molecule has 19 heteroatoms. The van der Waals surface area contributed by atoms with Crippen LogP contribution in [0, 0.1) is 0 Å². The molecule has 17 atom stereocenters. The molecule has 530 valence electrons. The van der Waals surface area contributed by atoms with Crippen LogP contribution < -0.4 is 5.32 Å². The zero-order valence-electron chi connectivity index (χ0n) is 56.0. The van der Waals surface area contributed by atoms with Crippen molar-refractivity contribution in [3.63, 3.8) is 0 Å². The second kappa shape index (κ2) is 53.8. The van der Waals surface area contributed by atoms with E-state index in [1.807, 2.05) is 0 Å². The quantitative estimate of drug-likeness (QED) is 0.0199. The number of ether oxygens (including phenoxy) is 6. The Morgan fingerprint density at radius 3 is 1.17 bits per heavy atom. The van der Waals surface area contributed by atoms with Crippen molar-refractivity contribution in [1.82, 2.24) is 5.32 Å². The highest BCUT2D eigenvalue weighted by Crippen LogP contribution is 2.33. The minimum Gasteiger partial charge on any atom is -0.394 e. The Morgan fingerprint density at radius 1 is 0.402 bits per heavy atom. The average Bonchev–Trinajstić information content (AvgIpc) is 0.799. The molecule has 3 rings (SSSR count). The second-order valence-corrected chi connectivity index (χ2v) is 25.0. The van der Waals surface area contributed by atoms with Gasteiger partial charge in [0.05, 0.1) is 38.6 Å². The summed E-state index contributed by atoms with van der Waals surface area (Å²) in [4.78, 5) is 13.4. The van der Waals surface area contributed by atoms with Crippen molar-refractivity contribution in [1.29, 1.82) is 0 Å². The number of rotatable bonds is 53. The van der Waals surface area contributed by atoms with Gasteiger partial charge >= 0.3 is 0 Å². The van der Waals surface area contributed by atoms with Gasteiger partial charge < -0.3 is 89.9 Å². The number of carbonyl (C=O) groups excluding carboxylic acids is 1. The molecule has 0 aromatic heterocycles. The smallest absolute Gasteiger partial charge is 0.220 e. The van der Waals surface area contributed by atoms with Crippen molar-refractivity contribution in [3.05, 3.63) is 97.2 Å². The zero-order valence-corrected chi connectivity index (χ0v) is 56.0. The van der Waals surface area contributed by atoms with Crippen LogP contribution in [0.2, 0.25) is 0 Å². The number of hydrogen-bond donors (Lipinski definition) is 12. The number of amides is 1. The van der Waals surface area contributed by atoms with E-state index in [2.05, 4.69) is 116 Å². The van der Waals surface area contributed by atoms with Crippen LogP contribution in [-0.4, -0.2) is 193 Å². The first-order valence-electron chi connectivity index (χ1n) is 35.5. The molecular weight excluding hydrogens is 1180 g/mol. The normalized spacial score (nSPS) is 28.3. The summed E-state index contributed by atoms with van der Waals surface area (Å²) in [5.41, 5.74) is 0. The molecule has 3 aliphatic heterocycles. The predicted molar refractivity (Wildman–Crippen MR) is 360 cm³/mol. The first-order valence-corrected chi connectivity index (χ1v) is 35.5.